The molecule has 2 aliphatic rings. The van der Waals surface area contributed by atoms with Gasteiger partial charge in [0.1, 0.15) is 0 Å². The highest BCUT2D eigenvalue weighted by atomic mass is 16.2. The maximum absolute atomic E-state index is 13.4. The molecule has 0 aliphatic carbocycles. The molecule has 0 bridgehead atoms. The van der Waals surface area contributed by atoms with Crippen LogP contribution in [0, 0.1) is 0 Å². The third kappa shape index (κ3) is 4.28. The fraction of sp³-hybridized carbons (Fsp3) is 0.500. The number of hydrogen-bond acceptors (Lipinski definition) is 3. The lowest BCUT2D eigenvalue weighted by Crippen LogP contribution is -2.40. The van der Waals surface area contributed by atoms with Crippen LogP contribution in [-0.4, -0.2) is 56.0 Å². The molecule has 2 aromatic heterocycles. The lowest BCUT2D eigenvalue weighted by atomic mass is 9.95. The van der Waals surface area contributed by atoms with Crippen molar-refractivity contribution in [2.45, 2.75) is 57.4 Å². The number of H-pyrrole nitrogens is 1. The summed E-state index contributed by atoms with van der Waals surface area (Å²) in [4.78, 5) is 30.5. The Kier molecular flexibility index (Phi) is 6.20. The number of carbonyl (C=O) groups is 2. The second kappa shape index (κ2) is 9.41. The highest BCUT2D eigenvalue weighted by Gasteiger charge is 2.33. The smallest absolute Gasteiger partial charge is 0.257 e. The van der Waals surface area contributed by atoms with E-state index in [9.17, 15) is 9.59 Å². The van der Waals surface area contributed by atoms with Crippen molar-refractivity contribution in [1.82, 2.24) is 24.6 Å². The average molecular weight is 448 g/mol. The molecule has 0 radical (unpaired) electrons. The number of amides is 2. The first-order valence-corrected chi connectivity index (χ1v) is 12.3. The molecule has 1 N–H and O–H groups in total. The van der Waals surface area contributed by atoms with Gasteiger partial charge in [-0.25, -0.2) is 0 Å². The fourth-order valence-corrected chi connectivity index (χ4v) is 5.53. The summed E-state index contributed by atoms with van der Waals surface area (Å²) in [5.41, 5.74) is 3.84. The molecule has 0 saturated carbocycles. The van der Waals surface area contributed by atoms with Crippen molar-refractivity contribution in [3.05, 3.63) is 53.5 Å². The molecule has 2 fully saturated rings. The molecule has 33 heavy (non-hydrogen) atoms. The lowest BCUT2D eigenvalue weighted by molar-refractivity contribution is -0.135. The monoisotopic (exact) mass is 447 g/mol. The van der Waals surface area contributed by atoms with Crippen LogP contribution in [0.15, 0.2) is 36.7 Å². The van der Waals surface area contributed by atoms with Crippen molar-refractivity contribution >= 4 is 22.7 Å². The van der Waals surface area contributed by atoms with Gasteiger partial charge in [-0.2, -0.15) is 5.10 Å². The summed E-state index contributed by atoms with van der Waals surface area (Å²) < 4.78 is 2.13. The van der Waals surface area contributed by atoms with Crippen molar-refractivity contribution in [3.8, 4) is 0 Å². The number of rotatable bonds is 5. The van der Waals surface area contributed by atoms with Gasteiger partial charge in [-0.05, 0) is 56.6 Å². The molecule has 2 amide bonds. The minimum absolute atomic E-state index is 0.0483. The summed E-state index contributed by atoms with van der Waals surface area (Å²) in [5, 5.41) is 8.53. The van der Waals surface area contributed by atoms with Gasteiger partial charge in [0.25, 0.3) is 5.91 Å². The van der Waals surface area contributed by atoms with Gasteiger partial charge in [-0.15, -0.1) is 0 Å². The molecule has 5 rings (SSSR count). The zero-order valence-electron chi connectivity index (χ0n) is 19.4. The van der Waals surface area contributed by atoms with Gasteiger partial charge < -0.3 is 14.4 Å². The molecule has 4 heterocycles. The molecule has 1 atom stereocenters. The first-order chi connectivity index (χ1) is 16.1. The summed E-state index contributed by atoms with van der Waals surface area (Å²) in [5.74, 6) is 0.200. The molecule has 7 heteroatoms. The maximum Gasteiger partial charge on any atom is 0.257 e. The third-order valence-corrected chi connectivity index (χ3v) is 7.29. The third-order valence-electron chi connectivity index (χ3n) is 7.29. The van der Waals surface area contributed by atoms with Gasteiger partial charge in [0.15, 0.2) is 0 Å². The van der Waals surface area contributed by atoms with Crippen LogP contribution in [0.3, 0.4) is 0 Å². The SMILES string of the molecule is Cn1cc(CCC(=O)N2CCCCC2c2[nH]ncc2C(=O)N2CCCCC2)c2ccccc21. The number of piperidine rings is 2. The van der Waals surface area contributed by atoms with Crippen LogP contribution in [0.25, 0.3) is 10.9 Å². The fourth-order valence-electron chi connectivity index (χ4n) is 5.53. The summed E-state index contributed by atoms with van der Waals surface area (Å²) >= 11 is 0. The van der Waals surface area contributed by atoms with Crippen LogP contribution in [0.5, 0.6) is 0 Å². The number of hydrogen-bond donors (Lipinski definition) is 1. The molecule has 1 unspecified atom stereocenters. The van der Waals surface area contributed by atoms with Crippen LogP contribution in [0.1, 0.15) is 72.6 Å². The Morgan fingerprint density at radius 2 is 1.85 bits per heavy atom. The topological polar surface area (TPSA) is 74.2 Å². The predicted octanol–water partition coefficient (Wildman–Crippen LogP) is 4.21. The largest absolute Gasteiger partial charge is 0.350 e. The average Bonchev–Trinajstić information content (AvgIpc) is 3.48. The van der Waals surface area contributed by atoms with Crippen molar-refractivity contribution in [1.29, 1.82) is 0 Å². The van der Waals surface area contributed by atoms with Gasteiger partial charge in [0, 0.05) is 50.2 Å². The van der Waals surface area contributed by atoms with E-state index in [1.165, 1.54) is 22.9 Å². The molecular weight excluding hydrogens is 414 g/mol. The summed E-state index contributed by atoms with van der Waals surface area (Å²) in [6.07, 6.45) is 11.2. The number of para-hydroxylation sites is 1. The van der Waals surface area contributed by atoms with Crippen LogP contribution in [-0.2, 0) is 18.3 Å². The Labute approximate surface area is 194 Å². The second-order valence-corrected chi connectivity index (χ2v) is 9.43. The molecule has 1 aromatic carbocycles. The summed E-state index contributed by atoms with van der Waals surface area (Å²) in [6.45, 7) is 2.35. The standard InChI is InChI=1S/C26H33N5O2/c1-29-18-19(20-9-3-4-10-22(20)29)12-13-24(32)31-16-8-5-11-23(31)25-21(17-27-28-25)26(33)30-14-6-2-7-15-30/h3-4,9-10,17-18,23H,2,5-8,11-16H2,1H3,(H,27,28). The van der Waals surface area contributed by atoms with E-state index in [0.717, 1.165) is 57.4 Å². The zero-order chi connectivity index (χ0) is 22.8. The van der Waals surface area contributed by atoms with Crippen molar-refractivity contribution in [2.75, 3.05) is 19.6 Å². The highest BCUT2D eigenvalue weighted by molar-refractivity contribution is 5.95. The number of likely N-dealkylation sites (tertiary alicyclic amines) is 2. The van der Waals surface area contributed by atoms with E-state index in [1.807, 2.05) is 29.0 Å². The van der Waals surface area contributed by atoms with E-state index in [0.29, 0.717) is 18.4 Å². The summed E-state index contributed by atoms with van der Waals surface area (Å²) in [6, 6.07) is 8.23. The molecule has 2 aliphatic heterocycles. The number of fused-ring (bicyclic) bond motifs is 1. The van der Waals surface area contributed by atoms with Crippen LogP contribution in [0.2, 0.25) is 0 Å². The highest BCUT2D eigenvalue weighted by Crippen LogP contribution is 2.33. The molecule has 3 aromatic rings. The van der Waals surface area contributed by atoms with E-state index in [4.69, 9.17) is 0 Å². The number of carbonyl (C=O) groups excluding carboxylic acids is 2. The minimum Gasteiger partial charge on any atom is -0.350 e. The molecule has 0 spiro atoms. The van der Waals surface area contributed by atoms with E-state index >= 15 is 0 Å². The van der Waals surface area contributed by atoms with E-state index in [-0.39, 0.29) is 17.9 Å². The van der Waals surface area contributed by atoms with Gasteiger partial charge in [0.2, 0.25) is 5.91 Å². The normalized spacial score (nSPS) is 19.2. The first-order valence-electron chi connectivity index (χ1n) is 12.3. The zero-order valence-corrected chi connectivity index (χ0v) is 19.4. The number of nitrogens with one attached hydrogen (secondary N) is 1. The van der Waals surface area contributed by atoms with Gasteiger partial charge in [-0.3, -0.25) is 14.7 Å². The van der Waals surface area contributed by atoms with Crippen molar-refractivity contribution < 1.29 is 9.59 Å². The lowest BCUT2D eigenvalue weighted by Gasteiger charge is -2.36. The van der Waals surface area contributed by atoms with Gasteiger partial charge >= 0.3 is 0 Å². The Morgan fingerprint density at radius 1 is 1.06 bits per heavy atom. The number of aromatic nitrogens is 3. The number of nitrogens with zero attached hydrogens (tertiary/aromatic N) is 4. The molecule has 7 nitrogen and oxygen atoms in total. The Bertz CT molecular complexity index is 1140. The van der Waals surface area contributed by atoms with Crippen LogP contribution in [0.4, 0.5) is 0 Å². The van der Waals surface area contributed by atoms with Crippen molar-refractivity contribution in [3.63, 3.8) is 0 Å². The number of aryl methyl sites for hydroxylation is 2. The van der Waals surface area contributed by atoms with Gasteiger partial charge in [-0.1, -0.05) is 18.2 Å². The van der Waals surface area contributed by atoms with E-state index < -0.39 is 0 Å². The van der Waals surface area contributed by atoms with Crippen molar-refractivity contribution in [2.24, 2.45) is 7.05 Å². The van der Waals surface area contributed by atoms with E-state index in [1.54, 1.807) is 6.20 Å². The van der Waals surface area contributed by atoms with Crippen LogP contribution >= 0.6 is 0 Å². The maximum atomic E-state index is 13.4. The predicted molar refractivity (Wildman–Crippen MR) is 128 cm³/mol. The quantitative estimate of drug-likeness (QED) is 0.637. The Hall–Kier alpha value is -3.09. The number of aromatic amines is 1. The Balaban J connectivity index is 1.32. The molecule has 174 valence electrons. The first kappa shape index (κ1) is 21.7. The van der Waals surface area contributed by atoms with Gasteiger partial charge in [0.05, 0.1) is 23.5 Å². The summed E-state index contributed by atoms with van der Waals surface area (Å²) in [7, 11) is 2.05. The minimum atomic E-state index is -0.106. The van der Waals surface area contributed by atoms with Crippen LogP contribution < -0.4 is 0 Å². The van der Waals surface area contributed by atoms with E-state index in [2.05, 4.69) is 33.1 Å². The Morgan fingerprint density at radius 3 is 2.70 bits per heavy atom. The molecular formula is C26H33N5O2. The second-order valence-electron chi connectivity index (χ2n) is 9.43. The molecule has 2 saturated heterocycles. The number of benzene rings is 1.